The monoisotopic (exact) mass is 338 g/mol. The minimum Gasteiger partial charge on any atom is -0.481 e. The summed E-state index contributed by atoms with van der Waals surface area (Å²) in [7, 11) is 0. The molecule has 122 valence electrons. The molecule has 1 aromatic heterocycles. The van der Waals surface area contributed by atoms with E-state index < -0.39 is 11.6 Å². The second-order valence-electron chi connectivity index (χ2n) is 5.33. The average molecular weight is 338 g/mol. The summed E-state index contributed by atoms with van der Waals surface area (Å²) in [4.78, 5) is 18.5. The molecule has 2 heterocycles. The van der Waals surface area contributed by atoms with Crippen LogP contribution in [0.5, 0.6) is 5.75 Å². The van der Waals surface area contributed by atoms with E-state index in [0.717, 1.165) is 36.4 Å². The van der Waals surface area contributed by atoms with Crippen LogP contribution in [-0.2, 0) is 4.79 Å². The summed E-state index contributed by atoms with van der Waals surface area (Å²) >= 11 is 1.52. The number of amides is 1. The van der Waals surface area contributed by atoms with Crippen LogP contribution in [0.1, 0.15) is 30.3 Å². The van der Waals surface area contributed by atoms with Gasteiger partial charge in [-0.15, -0.1) is 11.3 Å². The number of hydrogen-bond acceptors (Lipinski definition) is 4. The zero-order valence-corrected chi connectivity index (χ0v) is 13.2. The molecule has 7 heteroatoms. The molecule has 1 fully saturated rings. The van der Waals surface area contributed by atoms with Crippen molar-refractivity contribution in [2.45, 2.75) is 25.3 Å². The molecule has 1 aromatic carbocycles. The van der Waals surface area contributed by atoms with E-state index in [9.17, 15) is 13.6 Å². The maximum atomic E-state index is 13.5. The maximum Gasteiger partial charge on any atom is 0.261 e. The first-order valence-electron chi connectivity index (χ1n) is 7.42. The topological polar surface area (TPSA) is 42.4 Å². The molecule has 0 spiro atoms. The maximum absolute atomic E-state index is 13.5. The lowest BCUT2D eigenvalue weighted by molar-refractivity contribution is -0.137. The molecule has 1 aliphatic rings. The molecule has 0 bridgehead atoms. The van der Waals surface area contributed by atoms with Crippen molar-refractivity contribution >= 4 is 17.2 Å². The number of piperidine rings is 1. The molecule has 1 amide bonds. The Morgan fingerprint density at radius 3 is 3.00 bits per heavy atom. The Balaban J connectivity index is 1.66. The number of halogens is 2. The first-order chi connectivity index (χ1) is 11.1. The number of ether oxygens (including phenoxy) is 1. The molecule has 0 saturated carbocycles. The molecule has 0 unspecified atom stereocenters. The van der Waals surface area contributed by atoms with E-state index in [1.165, 1.54) is 17.4 Å². The van der Waals surface area contributed by atoms with Gasteiger partial charge in [-0.2, -0.15) is 0 Å². The van der Waals surface area contributed by atoms with E-state index in [1.54, 1.807) is 11.1 Å². The lowest BCUT2D eigenvalue weighted by atomic mass is 10.0. The number of aromatic nitrogens is 1. The van der Waals surface area contributed by atoms with E-state index in [-0.39, 0.29) is 24.3 Å². The number of nitrogens with zero attached hydrogens (tertiary/aromatic N) is 2. The predicted molar refractivity (Wildman–Crippen MR) is 82.3 cm³/mol. The Labute approximate surface area is 136 Å². The van der Waals surface area contributed by atoms with Crippen molar-refractivity contribution in [3.8, 4) is 5.75 Å². The Morgan fingerprint density at radius 1 is 1.39 bits per heavy atom. The molecular weight excluding hydrogens is 322 g/mol. The first-order valence-corrected chi connectivity index (χ1v) is 8.30. The van der Waals surface area contributed by atoms with Gasteiger partial charge in [0.1, 0.15) is 10.8 Å². The predicted octanol–water partition coefficient (Wildman–Crippen LogP) is 3.55. The molecule has 4 nitrogen and oxygen atoms in total. The molecule has 1 saturated heterocycles. The second kappa shape index (κ2) is 7.04. The normalized spacial score (nSPS) is 18.0. The minimum atomic E-state index is -0.812. The molecular formula is C16H16F2N2O2S. The van der Waals surface area contributed by atoms with Gasteiger partial charge in [0.25, 0.3) is 5.91 Å². The van der Waals surface area contributed by atoms with Gasteiger partial charge in [0.15, 0.2) is 18.2 Å². The molecule has 0 radical (unpaired) electrons. The molecule has 1 aliphatic heterocycles. The Bertz CT molecular complexity index is 679. The molecule has 1 atom stereocenters. The van der Waals surface area contributed by atoms with Crippen LogP contribution >= 0.6 is 11.3 Å². The number of thiazole rings is 1. The van der Waals surface area contributed by atoms with Crippen molar-refractivity contribution in [3.05, 3.63) is 46.4 Å². The highest BCUT2D eigenvalue weighted by Gasteiger charge is 2.29. The smallest absolute Gasteiger partial charge is 0.261 e. The fraction of sp³-hybridized carbons (Fsp3) is 0.375. The van der Waals surface area contributed by atoms with Crippen LogP contribution in [0.25, 0.3) is 0 Å². The van der Waals surface area contributed by atoms with Crippen LogP contribution in [0.3, 0.4) is 0 Å². The SMILES string of the molecule is O=C(COc1ccc(F)cc1F)N1CCCC[C@H]1c1nccs1. The van der Waals surface area contributed by atoms with E-state index in [0.29, 0.717) is 6.54 Å². The second-order valence-corrected chi connectivity index (χ2v) is 6.26. The third kappa shape index (κ3) is 3.67. The zero-order chi connectivity index (χ0) is 16.2. The quantitative estimate of drug-likeness (QED) is 0.856. The van der Waals surface area contributed by atoms with Gasteiger partial charge in [-0.1, -0.05) is 0 Å². The Morgan fingerprint density at radius 2 is 2.26 bits per heavy atom. The highest BCUT2D eigenvalue weighted by molar-refractivity contribution is 7.09. The van der Waals surface area contributed by atoms with Crippen LogP contribution < -0.4 is 4.74 Å². The number of hydrogen-bond donors (Lipinski definition) is 0. The molecule has 0 N–H and O–H groups in total. The van der Waals surface area contributed by atoms with Gasteiger partial charge in [0, 0.05) is 24.2 Å². The van der Waals surface area contributed by atoms with Crippen molar-refractivity contribution < 1.29 is 18.3 Å². The van der Waals surface area contributed by atoms with Crippen LogP contribution in [-0.4, -0.2) is 28.9 Å². The van der Waals surface area contributed by atoms with E-state index in [2.05, 4.69) is 4.98 Å². The summed E-state index contributed by atoms with van der Waals surface area (Å²) in [6, 6.07) is 2.98. The summed E-state index contributed by atoms with van der Waals surface area (Å²) in [5.74, 6) is -1.83. The van der Waals surface area contributed by atoms with E-state index in [4.69, 9.17) is 4.74 Å². The number of rotatable bonds is 4. The molecule has 3 rings (SSSR count). The third-order valence-corrected chi connectivity index (χ3v) is 4.68. The van der Waals surface area contributed by atoms with Gasteiger partial charge in [0.2, 0.25) is 0 Å². The van der Waals surface area contributed by atoms with Crippen LogP contribution in [0.4, 0.5) is 8.78 Å². The fourth-order valence-electron chi connectivity index (χ4n) is 2.70. The van der Waals surface area contributed by atoms with Crippen molar-refractivity contribution in [1.29, 1.82) is 0 Å². The van der Waals surface area contributed by atoms with Gasteiger partial charge < -0.3 is 9.64 Å². The highest BCUT2D eigenvalue weighted by Crippen LogP contribution is 2.32. The molecule has 0 aliphatic carbocycles. The zero-order valence-electron chi connectivity index (χ0n) is 12.4. The lowest BCUT2D eigenvalue weighted by Gasteiger charge is -2.34. The summed E-state index contributed by atoms with van der Waals surface area (Å²) in [6.07, 6.45) is 4.56. The van der Waals surface area contributed by atoms with Gasteiger partial charge in [-0.25, -0.2) is 13.8 Å². The van der Waals surface area contributed by atoms with Crippen molar-refractivity contribution in [2.75, 3.05) is 13.2 Å². The number of carbonyl (C=O) groups excluding carboxylic acids is 1. The number of benzene rings is 1. The largest absolute Gasteiger partial charge is 0.481 e. The van der Waals surface area contributed by atoms with Gasteiger partial charge in [0.05, 0.1) is 6.04 Å². The highest BCUT2D eigenvalue weighted by atomic mass is 32.1. The van der Waals surface area contributed by atoms with Crippen molar-refractivity contribution in [3.63, 3.8) is 0 Å². The summed E-state index contributed by atoms with van der Waals surface area (Å²) < 4.78 is 31.6. The van der Waals surface area contributed by atoms with Gasteiger partial charge in [-0.3, -0.25) is 4.79 Å². The van der Waals surface area contributed by atoms with Gasteiger partial charge >= 0.3 is 0 Å². The first kappa shape index (κ1) is 15.9. The Hall–Kier alpha value is -2.02. The van der Waals surface area contributed by atoms with Crippen LogP contribution in [0.2, 0.25) is 0 Å². The average Bonchev–Trinajstić information content (AvgIpc) is 3.08. The number of carbonyl (C=O) groups is 1. The lowest BCUT2D eigenvalue weighted by Crippen LogP contribution is -2.41. The standard InChI is InChI=1S/C16H16F2N2O2S/c17-11-4-5-14(12(18)9-11)22-10-15(21)20-7-2-1-3-13(20)16-19-6-8-23-16/h4-6,8-9,13H,1-3,7,10H2/t13-/m0/s1. The van der Waals surface area contributed by atoms with Gasteiger partial charge in [-0.05, 0) is 31.4 Å². The molecule has 23 heavy (non-hydrogen) atoms. The number of likely N-dealkylation sites (tertiary alicyclic amines) is 1. The van der Waals surface area contributed by atoms with Crippen LogP contribution in [0, 0.1) is 11.6 Å². The van der Waals surface area contributed by atoms with E-state index >= 15 is 0 Å². The fourth-order valence-corrected chi connectivity index (χ4v) is 3.49. The van der Waals surface area contributed by atoms with Crippen LogP contribution in [0.15, 0.2) is 29.8 Å². The summed E-state index contributed by atoms with van der Waals surface area (Å²) in [5.41, 5.74) is 0. The Kier molecular flexibility index (Phi) is 4.85. The van der Waals surface area contributed by atoms with Crippen molar-refractivity contribution in [2.24, 2.45) is 0 Å². The molecule has 2 aromatic rings. The van der Waals surface area contributed by atoms with E-state index in [1.807, 2.05) is 5.38 Å². The van der Waals surface area contributed by atoms with Crippen molar-refractivity contribution in [1.82, 2.24) is 9.88 Å². The summed E-state index contributed by atoms with van der Waals surface area (Å²) in [6.45, 7) is 0.364. The third-order valence-electron chi connectivity index (χ3n) is 3.80. The summed E-state index contributed by atoms with van der Waals surface area (Å²) in [5, 5.41) is 2.79. The minimum absolute atomic E-state index is 0.0436.